The Bertz CT molecular complexity index is 1070. The summed E-state index contributed by atoms with van der Waals surface area (Å²) in [7, 11) is 1.32. The number of hydrogen-bond acceptors (Lipinski definition) is 7. The maximum atomic E-state index is 12.4. The molecule has 0 N–H and O–H groups in total. The van der Waals surface area contributed by atoms with Crippen molar-refractivity contribution in [1.29, 1.82) is 0 Å². The van der Waals surface area contributed by atoms with Gasteiger partial charge in [0.25, 0.3) is 7.82 Å². The standard InChI is InChI=1S/C44H78NO7P/c1-6-8-10-12-14-16-18-20-22-23-24-25-27-29-31-33-35-37-44(46)50-41-43(42-52-53(47,48)51-40-38-45(3,4)5)49-39-36-34-32-30-28-26-21-19-17-15-13-11-9-7-2/h8,10,14,16,20,22,24-25,29,31,36,39,43H,6-7,9,11-13,15,17-19,21,23,26-28,30,32-35,37-38,40-42H2,1-5H3/b10-8-,16-14-,22-20-,25-24-,31-29-,39-36-. The van der Waals surface area contributed by atoms with Crippen LogP contribution in [-0.4, -0.2) is 64.1 Å². The van der Waals surface area contributed by atoms with E-state index >= 15 is 0 Å². The van der Waals surface area contributed by atoms with Crippen LogP contribution in [0.2, 0.25) is 0 Å². The number of allylic oxidation sites excluding steroid dienone is 11. The first-order valence-corrected chi connectivity index (χ1v) is 22.2. The average Bonchev–Trinajstić information content (AvgIpc) is 3.11. The van der Waals surface area contributed by atoms with E-state index < -0.39 is 13.9 Å². The molecular weight excluding hydrogens is 685 g/mol. The zero-order chi connectivity index (χ0) is 39.1. The van der Waals surface area contributed by atoms with Crippen LogP contribution in [0.5, 0.6) is 0 Å². The van der Waals surface area contributed by atoms with Crippen molar-refractivity contribution in [2.45, 2.75) is 155 Å². The van der Waals surface area contributed by atoms with E-state index in [4.69, 9.17) is 18.5 Å². The van der Waals surface area contributed by atoms with Crippen molar-refractivity contribution in [3.05, 3.63) is 73.1 Å². The minimum absolute atomic E-state index is 0.0155. The van der Waals surface area contributed by atoms with E-state index in [-0.39, 0.29) is 32.2 Å². The molecule has 0 radical (unpaired) electrons. The van der Waals surface area contributed by atoms with E-state index in [1.54, 1.807) is 6.26 Å². The maximum Gasteiger partial charge on any atom is 0.305 e. The molecule has 2 unspecified atom stereocenters. The van der Waals surface area contributed by atoms with Crippen molar-refractivity contribution in [3.63, 3.8) is 0 Å². The Morgan fingerprint density at radius 2 is 1.11 bits per heavy atom. The lowest BCUT2D eigenvalue weighted by molar-refractivity contribution is -0.870. The summed E-state index contributed by atoms with van der Waals surface area (Å²) in [5, 5.41) is 0. The summed E-state index contributed by atoms with van der Waals surface area (Å²) in [6, 6.07) is 0. The van der Waals surface area contributed by atoms with Crippen molar-refractivity contribution in [1.82, 2.24) is 0 Å². The molecule has 0 aliphatic rings. The molecular formula is C44H78NO7P. The second kappa shape index (κ2) is 36.7. The van der Waals surface area contributed by atoms with Gasteiger partial charge >= 0.3 is 5.97 Å². The van der Waals surface area contributed by atoms with E-state index in [0.29, 0.717) is 17.4 Å². The van der Waals surface area contributed by atoms with E-state index in [1.807, 2.05) is 27.2 Å². The van der Waals surface area contributed by atoms with Gasteiger partial charge in [0.05, 0.1) is 34.0 Å². The number of unbranched alkanes of at least 4 members (excludes halogenated alkanes) is 13. The monoisotopic (exact) mass is 764 g/mol. The van der Waals surface area contributed by atoms with Crippen molar-refractivity contribution in [3.8, 4) is 0 Å². The molecule has 0 fully saturated rings. The van der Waals surface area contributed by atoms with E-state index in [9.17, 15) is 14.3 Å². The third-order valence-electron chi connectivity index (χ3n) is 8.36. The van der Waals surface area contributed by atoms with Crippen LogP contribution >= 0.6 is 7.82 Å². The van der Waals surface area contributed by atoms with Gasteiger partial charge in [-0.05, 0) is 63.9 Å². The largest absolute Gasteiger partial charge is 0.756 e. The third-order valence-corrected chi connectivity index (χ3v) is 9.33. The molecule has 0 aliphatic heterocycles. The number of quaternary nitrogens is 1. The van der Waals surface area contributed by atoms with Gasteiger partial charge in [0.1, 0.15) is 19.8 Å². The van der Waals surface area contributed by atoms with Gasteiger partial charge in [0.15, 0.2) is 6.10 Å². The molecule has 8 nitrogen and oxygen atoms in total. The number of esters is 1. The van der Waals surface area contributed by atoms with Crippen molar-refractivity contribution in [2.24, 2.45) is 0 Å². The predicted molar refractivity (Wildman–Crippen MR) is 221 cm³/mol. The molecule has 0 heterocycles. The SMILES string of the molecule is CC/C=C\C/C=C\C/C=C\C/C=C\C/C=C\CCCC(=O)OCC(COP(=O)([O-])OCC[N+](C)(C)C)O/C=C\CCCCCCCCCCCCCC. The van der Waals surface area contributed by atoms with Gasteiger partial charge in [-0.2, -0.15) is 0 Å². The number of rotatable bonds is 37. The molecule has 0 saturated heterocycles. The van der Waals surface area contributed by atoms with Gasteiger partial charge in [-0.3, -0.25) is 9.36 Å². The van der Waals surface area contributed by atoms with Crippen LogP contribution < -0.4 is 4.89 Å². The minimum atomic E-state index is -4.53. The first-order valence-electron chi connectivity index (χ1n) is 20.7. The molecule has 0 spiro atoms. The Kier molecular flexibility index (Phi) is 35.2. The Morgan fingerprint density at radius 3 is 1.64 bits per heavy atom. The summed E-state index contributed by atoms with van der Waals surface area (Å²) in [6.07, 6.45) is 47.3. The fourth-order valence-corrected chi connectivity index (χ4v) is 5.82. The fourth-order valence-electron chi connectivity index (χ4n) is 5.09. The molecule has 0 bridgehead atoms. The highest BCUT2D eigenvalue weighted by molar-refractivity contribution is 7.45. The van der Waals surface area contributed by atoms with Gasteiger partial charge in [0.2, 0.25) is 0 Å². The summed E-state index contributed by atoms with van der Waals surface area (Å²) in [4.78, 5) is 24.8. The Morgan fingerprint density at radius 1 is 0.623 bits per heavy atom. The maximum absolute atomic E-state index is 12.4. The van der Waals surface area contributed by atoms with E-state index in [0.717, 1.165) is 51.4 Å². The first kappa shape index (κ1) is 50.8. The summed E-state index contributed by atoms with van der Waals surface area (Å²) in [5.74, 6) is -0.351. The lowest BCUT2D eigenvalue weighted by Gasteiger charge is -2.28. The number of ether oxygens (including phenoxy) is 2. The Balaban J connectivity index is 4.42. The topological polar surface area (TPSA) is 94.1 Å². The minimum Gasteiger partial charge on any atom is -0.756 e. The quantitative estimate of drug-likeness (QED) is 0.0155. The lowest BCUT2D eigenvalue weighted by atomic mass is 10.0. The summed E-state index contributed by atoms with van der Waals surface area (Å²) in [5.41, 5.74) is 0. The van der Waals surface area contributed by atoms with Gasteiger partial charge < -0.3 is 27.9 Å². The normalized spacial score (nSPS) is 14.5. The smallest absolute Gasteiger partial charge is 0.305 e. The second-order valence-corrected chi connectivity index (χ2v) is 16.1. The summed E-state index contributed by atoms with van der Waals surface area (Å²) in [6.45, 7) is 4.51. The second-order valence-electron chi connectivity index (χ2n) is 14.7. The molecule has 0 rings (SSSR count). The van der Waals surface area contributed by atoms with Crippen LogP contribution in [0.1, 0.15) is 149 Å². The summed E-state index contributed by atoms with van der Waals surface area (Å²) < 4.78 is 34.2. The number of carbonyl (C=O) groups is 1. The number of nitrogens with zero attached hydrogens (tertiary/aromatic N) is 1. The van der Waals surface area contributed by atoms with E-state index in [1.165, 1.54) is 70.6 Å². The number of carbonyl (C=O) groups excluding carboxylic acids is 1. The Hall–Kier alpha value is -2.22. The average molecular weight is 764 g/mol. The van der Waals surface area contributed by atoms with Gasteiger partial charge in [-0.25, -0.2) is 0 Å². The fraction of sp³-hybridized carbons (Fsp3) is 0.705. The van der Waals surface area contributed by atoms with Gasteiger partial charge in [-0.15, -0.1) is 0 Å². The van der Waals surface area contributed by atoms with E-state index in [2.05, 4.69) is 74.6 Å². The zero-order valence-electron chi connectivity index (χ0n) is 34.4. The zero-order valence-corrected chi connectivity index (χ0v) is 35.3. The molecule has 0 aromatic carbocycles. The van der Waals surface area contributed by atoms with Crippen molar-refractivity contribution in [2.75, 3.05) is 47.5 Å². The lowest BCUT2D eigenvalue weighted by Crippen LogP contribution is -2.37. The number of hydrogen-bond donors (Lipinski definition) is 0. The van der Waals surface area contributed by atoms with Crippen LogP contribution in [0.4, 0.5) is 0 Å². The number of likely N-dealkylation sites (N-methyl/N-ethyl adjacent to an activating group) is 1. The molecule has 306 valence electrons. The number of phosphoric acid groups is 1. The molecule has 0 aromatic rings. The predicted octanol–water partition coefficient (Wildman–Crippen LogP) is 11.6. The highest BCUT2D eigenvalue weighted by atomic mass is 31.2. The highest BCUT2D eigenvalue weighted by Gasteiger charge is 2.19. The van der Waals surface area contributed by atoms with Gasteiger partial charge in [-0.1, -0.05) is 145 Å². The molecule has 0 aromatic heterocycles. The molecule has 0 aliphatic carbocycles. The first-order chi connectivity index (χ1) is 25.6. The van der Waals surface area contributed by atoms with Gasteiger partial charge in [0, 0.05) is 6.42 Å². The summed E-state index contributed by atoms with van der Waals surface area (Å²) >= 11 is 0. The molecule has 9 heteroatoms. The van der Waals surface area contributed by atoms with Crippen molar-refractivity contribution >= 4 is 13.8 Å². The molecule has 2 atom stereocenters. The van der Waals surface area contributed by atoms with Crippen LogP contribution in [0.15, 0.2) is 73.1 Å². The van der Waals surface area contributed by atoms with Crippen LogP contribution in [0.3, 0.4) is 0 Å². The molecule has 0 saturated carbocycles. The molecule has 53 heavy (non-hydrogen) atoms. The van der Waals surface area contributed by atoms with Crippen LogP contribution in [0, 0.1) is 0 Å². The Labute approximate surface area is 325 Å². The highest BCUT2D eigenvalue weighted by Crippen LogP contribution is 2.38. The molecule has 0 amide bonds. The van der Waals surface area contributed by atoms with Crippen molar-refractivity contribution < 1.29 is 37.3 Å². The van der Waals surface area contributed by atoms with Crippen LogP contribution in [-0.2, 0) is 27.9 Å². The van der Waals surface area contributed by atoms with Crippen LogP contribution in [0.25, 0.3) is 0 Å². The number of phosphoric ester groups is 1. The third kappa shape index (κ3) is 40.8.